The summed E-state index contributed by atoms with van der Waals surface area (Å²) in [6.45, 7) is 3.77. The lowest BCUT2D eigenvalue weighted by molar-refractivity contribution is 0.0876. The molecule has 0 saturated heterocycles. The van der Waals surface area contributed by atoms with E-state index in [9.17, 15) is 4.79 Å². The molecular formula is C27H26N2O6. The van der Waals surface area contributed by atoms with E-state index >= 15 is 0 Å². The Hall–Kier alpha value is -4.04. The van der Waals surface area contributed by atoms with Gasteiger partial charge in [0.25, 0.3) is 0 Å². The van der Waals surface area contributed by atoms with Crippen LogP contribution < -0.4 is 23.7 Å². The maximum Gasteiger partial charge on any atom is 0.231 e. The number of methoxy groups -OCH3 is 3. The first-order valence-corrected chi connectivity index (χ1v) is 11.2. The Morgan fingerprint density at radius 3 is 2.51 bits per heavy atom. The van der Waals surface area contributed by atoms with E-state index in [2.05, 4.69) is 9.88 Å². The minimum atomic E-state index is -0.186. The zero-order chi connectivity index (χ0) is 24.5. The van der Waals surface area contributed by atoms with E-state index in [1.54, 1.807) is 44.8 Å². The topological polar surface area (TPSA) is 79.4 Å². The van der Waals surface area contributed by atoms with E-state index < -0.39 is 0 Å². The average Bonchev–Trinajstić information content (AvgIpc) is 3.19. The number of hydrogen-bond acceptors (Lipinski definition) is 8. The Morgan fingerprint density at radius 2 is 1.80 bits per heavy atom. The largest absolute Gasteiger partial charge is 0.493 e. The number of hydrogen-bond donors (Lipinski definition) is 0. The highest BCUT2D eigenvalue weighted by atomic mass is 16.5. The lowest BCUT2D eigenvalue weighted by Crippen LogP contribution is -2.32. The molecule has 180 valence electrons. The first-order valence-electron chi connectivity index (χ1n) is 11.2. The van der Waals surface area contributed by atoms with Crippen LogP contribution in [-0.4, -0.2) is 43.7 Å². The predicted octanol–water partition coefficient (Wildman–Crippen LogP) is 4.38. The van der Waals surface area contributed by atoms with Crippen molar-refractivity contribution < 1.29 is 28.5 Å². The Morgan fingerprint density at radius 1 is 1.03 bits per heavy atom. The van der Waals surface area contributed by atoms with E-state index in [0.29, 0.717) is 47.4 Å². The first-order chi connectivity index (χ1) is 17.0. The fourth-order valence-electron chi connectivity index (χ4n) is 4.52. The van der Waals surface area contributed by atoms with Crippen LogP contribution >= 0.6 is 0 Å². The molecule has 0 radical (unpaired) electrons. The number of fused-ring (bicyclic) bond motifs is 2. The summed E-state index contributed by atoms with van der Waals surface area (Å²) in [4.78, 5) is 19.6. The molecule has 0 amide bonds. The minimum absolute atomic E-state index is 0.186. The third kappa shape index (κ3) is 4.06. The van der Waals surface area contributed by atoms with Crippen LogP contribution in [0.25, 0.3) is 6.08 Å². The second-order valence-electron chi connectivity index (χ2n) is 8.35. The minimum Gasteiger partial charge on any atom is -0.493 e. The molecule has 8 nitrogen and oxygen atoms in total. The highest BCUT2D eigenvalue weighted by molar-refractivity contribution is 6.15. The second-order valence-corrected chi connectivity index (χ2v) is 8.35. The van der Waals surface area contributed by atoms with Crippen molar-refractivity contribution in [3.8, 4) is 28.7 Å². The molecule has 1 aromatic heterocycles. The van der Waals surface area contributed by atoms with Gasteiger partial charge in [0, 0.05) is 42.2 Å². The van der Waals surface area contributed by atoms with Gasteiger partial charge in [-0.05, 0) is 48.9 Å². The molecule has 0 unspecified atom stereocenters. The maximum absolute atomic E-state index is 13.3. The van der Waals surface area contributed by atoms with Crippen molar-refractivity contribution in [2.75, 3.05) is 28.1 Å². The number of Topliss-reactive ketones (excluding diaryl/α,β-unsaturated/α-hetero) is 1. The standard InChI is InChI=1S/C27H26N2O6/c1-16-24-19(14-29(15-34-24)13-17-7-9-28-10-8-17)11-20-23(30)22(35-25(16)20)12-18-5-6-21(31-2)27(33-4)26(18)32-3/h5-12H,13-15H2,1-4H3/b22-12-. The molecule has 8 heteroatoms. The van der Waals surface area contributed by atoms with E-state index in [4.69, 9.17) is 23.7 Å². The first kappa shape index (κ1) is 22.7. The summed E-state index contributed by atoms with van der Waals surface area (Å²) < 4.78 is 28.5. The fourth-order valence-corrected chi connectivity index (χ4v) is 4.52. The molecule has 0 N–H and O–H groups in total. The van der Waals surface area contributed by atoms with Gasteiger partial charge in [0.15, 0.2) is 17.3 Å². The molecular weight excluding hydrogens is 448 g/mol. The number of allylic oxidation sites excluding steroid dienone is 1. The number of aromatic nitrogens is 1. The number of nitrogens with zero attached hydrogens (tertiary/aromatic N) is 2. The molecule has 5 rings (SSSR count). The zero-order valence-electron chi connectivity index (χ0n) is 20.1. The van der Waals surface area contributed by atoms with Crippen molar-refractivity contribution in [1.29, 1.82) is 0 Å². The van der Waals surface area contributed by atoms with E-state index in [0.717, 1.165) is 29.0 Å². The number of carbonyl (C=O) groups excluding carboxylic acids is 1. The number of ketones is 1. The normalized spacial score (nSPS) is 15.8. The molecule has 0 atom stereocenters. The van der Waals surface area contributed by atoms with Gasteiger partial charge in [-0.1, -0.05) is 0 Å². The Labute approximate surface area is 203 Å². The Bertz CT molecular complexity index is 1320. The van der Waals surface area contributed by atoms with Crippen molar-refractivity contribution in [2.24, 2.45) is 0 Å². The number of rotatable bonds is 6. The summed E-state index contributed by atoms with van der Waals surface area (Å²) in [5.41, 5.74) is 4.10. The van der Waals surface area contributed by atoms with Crippen LogP contribution in [0.3, 0.4) is 0 Å². The summed E-state index contributed by atoms with van der Waals surface area (Å²) in [5.74, 6) is 2.76. The van der Waals surface area contributed by atoms with Crippen molar-refractivity contribution in [3.05, 3.63) is 76.3 Å². The Kier molecular flexibility index (Phi) is 6.05. The van der Waals surface area contributed by atoms with Crippen LogP contribution in [0.4, 0.5) is 0 Å². The van der Waals surface area contributed by atoms with E-state index in [1.165, 1.54) is 7.11 Å². The van der Waals surface area contributed by atoms with Gasteiger partial charge in [-0.2, -0.15) is 0 Å². The molecule has 3 aromatic rings. The third-order valence-corrected chi connectivity index (χ3v) is 6.18. The smallest absolute Gasteiger partial charge is 0.231 e. The molecule has 0 saturated carbocycles. The van der Waals surface area contributed by atoms with Crippen LogP contribution in [0.2, 0.25) is 0 Å². The predicted molar refractivity (Wildman–Crippen MR) is 129 cm³/mol. The van der Waals surface area contributed by atoms with Gasteiger partial charge in [-0.3, -0.25) is 14.7 Å². The zero-order valence-corrected chi connectivity index (χ0v) is 20.1. The molecule has 0 spiro atoms. The van der Waals surface area contributed by atoms with E-state index in [1.807, 2.05) is 25.1 Å². The molecule has 3 heterocycles. The molecule has 2 aliphatic rings. The number of ether oxygens (including phenoxy) is 5. The van der Waals surface area contributed by atoms with Crippen LogP contribution in [0.5, 0.6) is 28.7 Å². The van der Waals surface area contributed by atoms with Crippen LogP contribution in [0, 0.1) is 6.92 Å². The van der Waals surface area contributed by atoms with Crippen molar-refractivity contribution in [1.82, 2.24) is 9.88 Å². The molecule has 0 fully saturated rings. The van der Waals surface area contributed by atoms with Crippen LogP contribution in [0.15, 0.2) is 48.5 Å². The van der Waals surface area contributed by atoms with Crippen LogP contribution in [-0.2, 0) is 13.1 Å². The quantitative estimate of drug-likeness (QED) is 0.487. The molecule has 2 aromatic carbocycles. The Balaban J connectivity index is 1.46. The van der Waals surface area contributed by atoms with Crippen molar-refractivity contribution in [3.63, 3.8) is 0 Å². The molecule has 2 aliphatic heterocycles. The maximum atomic E-state index is 13.3. The molecule has 35 heavy (non-hydrogen) atoms. The van der Waals surface area contributed by atoms with Gasteiger partial charge < -0.3 is 23.7 Å². The highest BCUT2D eigenvalue weighted by Gasteiger charge is 2.34. The molecule has 0 bridgehead atoms. The monoisotopic (exact) mass is 474 g/mol. The van der Waals surface area contributed by atoms with Gasteiger partial charge in [0.05, 0.1) is 26.9 Å². The summed E-state index contributed by atoms with van der Waals surface area (Å²) in [6.07, 6.45) is 5.23. The van der Waals surface area contributed by atoms with Gasteiger partial charge in [-0.25, -0.2) is 0 Å². The molecule has 0 aliphatic carbocycles. The summed E-state index contributed by atoms with van der Waals surface area (Å²) in [7, 11) is 4.63. The second kappa shape index (κ2) is 9.31. The lowest BCUT2D eigenvalue weighted by Gasteiger charge is -2.30. The number of carbonyl (C=O) groups is 1. The summed E-state index contributed by atoms with van der Waals surface area (Å²) >= 11 is 0. The average molecular weight is 475 g/mol. The third-order valence-electron chi connectivity index (χ3n) is 6.18. The van der Waals surface area contributed by atoms with Gasteiger partial charge >= 0.3 is 0 Å². The van der Waals surface area contributed by atoms with Crippen LogP contribution in [0.1, 0.15) is 32.6 Å². The highest BCUT2D eigenvalue weighted by Crippen LogP contribution is 2.45. The van der Waals surface area contributed by atoms with Crippen molar-refractivity contribution in [2.45, 2.75) is 20.0 Å². The summed E-state index contributed by atoms with van der Waals surface area (Å²) in [6, 6.07) is 9.41. The van der Waals surface area contributed by atoms with Crippen molar-refractivity contribution >= 4 is 11.9 Å². The SMILES string of the molecule is COc1ccc(/C=C2\Oc3c(cc4c(c3C)OCN(Cc3ccncc3)C4)C2=O)c(OC)c1OC. The van der Waals surface area contributed by atoms with Gasteiger partial charge in [-0.15, -0.1) is 0 Å². The number of pyridine rings is 1. The fraction of sp³-hybridized carbons (Fsp3) is 0.259. The lowest BCUT2D eigenvalue weighted by atomic mass is 9.99. The number of benzene rings is 2. The van der Waals surface area contributed by atoms with Gasteiger partial charge in [0.1, 0.15) is 18.2 Å². The van der Waals surface area contributed by atoms with E-state index in [-0.39, 0.29) is 11.5 Å². The van der Waals surface area contributed by atoms with Gasteiger partial charge in [0.2, 0.25) is 11.5 Å². The summed E-state index contributed by atoms with van der Waals surface area (Å²) in [5, 5.41) is 0.